The quantitative estimate of drug-likeness (QED) is 0.0563. The number of aliphatic carboxylic acids is 2. The van der Waals surface area contributed by atoms with E-state index >= 15 is 0 Å². The third-order valence-electron chi connectivity index (χ3n) is 17.1. The van der Waals surface area contributed by atoms with Crippen molar-refractivity contribution < 1.29 is 98.7 Å². The lowest BCUT2D eigenvalue weighted by Gasteiger charge is -2.36. The Morgan fingerprint density at radius 3 is 1.23 bits per heavy atom. The number of hydrogen-bond donors (Lipinski definition) is 4. The lowest BCUT2D eigenvalue weighted by Crippen LogP contribution is -2.56. The molecule has 4 saturated heterocycles. The fourth-order valence-corrected chi connectivity index (χ4v) is 17.8. The van der Waals surface area contributed by atoms with Crippen LogP contribution in [0.25, 0.3) is 0 Å². The molecule has 0 aliphatic carbocycles. The monoisotopic (exact) mass is 1470 g/mol. The third kappa shape index (κ3) is 20.3. The summed E-state index contributed by atoms with van der Waals surface area (Å²) >= 11 is 2.47. The van der Waals surface area contributed by atoms with Crippen LogP contribution in [-0.2, 0) is 85.5 Å². The summed E-state index contributed by atoms with van der Waals surface area (Å²) in [5.41, 5.74) is -0.195. The number of hydrogen-bond acceptors (Lipinski definition) is 23. The Morgan fingerprint density at radius 1 is 0.540 bits per heavy atom. The Kier molecular flexibility index (Phi) is 26.4. The van der Waals surface area contributed by atoms with Gasteiger partial charge in [0, 0.05) is 111 Å². The number of ether oxygens (including phenoxy) is 5. The third-order valence-corrected chi connectivity index (χ3v) is 23.8. The van der Waals surface area contributed by atoms with E-state index in [1.165, 1.54) is 155 Å². The molecule has 0 radical (unpaired) electrons. The molecule has 6 heterocycles. The molecule has 2 aromatic carbocycles. The number of carboxylic acid groups (broad SMARTS) is 2. The van der Waals surface area contributed by atoms with Gasteiger partial charge in [-0.15, -0.1) is 23.5 Å². The number of nitrogens with zero attached hydrogens (tertiary/aromatic N) is 8. The van der Waals surface area contributed by atoms with Gasteiger partial charge in [-0.1, -0.05) is 24.3 Å². The van der Waals surface area contributed by atoms with E-state index in [9.17, 15) is 75.0 Å². The zero-order valence-corrected chi connectivity index (χ0v) is 59.3. The van der Waals surface area contributed by atoms with Gasteiger partial charge in [0.2, 0.25) is 43.7 Å². The maximum absolute atomic E-state index is 13.8. The van der Waals surface area contributed by atoms with Crippen molar-refractivity contribution in [2.24, 2.45) is 5.41 Å². The number of carbonyl (C=O) groups is 10. The van der Waals surface area contributed by atoms with E-state index < -0.39 is 120 Å². The van der Waals surface area contributed by atoms with Crippen molar-refractivity contribution in [3.8, 4) is 11.5 Å². The van der Waals surface area contributed by atoms with Crippen molar-refractivity contribution in [1.82, 2.24) is 48.8 Å². The van der Waals surface area contributed by atoms with Crippen LogP contribution in [0.4, 0.5) is 9.59 Å². The van der Waals surface area contributed by atoms with E-state index in [0.29, 0.717) is 11.1 Å². The largest absolute Gasteiger partial charge is 0.480 e. The van der Waals surface area contributed by atoms with Crippen LogP contribution in [0.2, 0.25) is 0 Å². The molecule has 4 fully saturated rings. The van der Waals surface area contributed by atoms with Gasteiger partial charge in [0.05, 0.1) is 31.6 Å². The highest BCUT2D eigenvalue weighted by atomic mass is 32.2. The summed E-state index contributed by atoms with van der Waals surface area (Å²) in [7, 11) is -8.34. The van der Waals surface area contributed by atoms with E-state index in [1.807, 2.05) is 0 Å². The number of benzene rings is 2. The minimum atomic E-state index is -4.17. The first kappa shape index (κ1) is 77.6. The summed E-state index contributed by atoms with van der Waals surface area (Å²) in [6, 6.07) is 12.2. The van der Waals surface area contributed by atoms with E-state index in [2.05, 4.69) is 20.6 Å². The van der Waals surface area contributed by atoms with Crippen LogP contribution in [0.15, 0.2) is 107 Å². The smallest absolute Gasteiger partial charge is 0.415 e. The number of piperazine rings is 2. The second-order valence-electron chi connectivity index (χ2n) is 25.6. The fourth-order valence-electron chi connectivity index (χ4n) is 11.5. The summed E-state index contributed by atoms with van der Waals surface area (Å²) in [4.78, 5) is 144. The number of rotatable bonds is 31. The molecule has 6 amide bonds. The maximum atomic E-state index is 13.8. The minimum Gasteiger partial charge on any atom is -0.480 e. The van der Waals surface area contributed by atoms with Crippen molar-refractivity contribution in [2.45, 2.75) is 111 Å². The molecule has 4 aliphatic heterocycles. The predicted molar refractivity (Wildman–Crippen MR) is 360 cm³/mol. The summed E-state index contributed by atoms with van der Waals surface area (Å²) < 4.78 is 83.5. The van der Waals surface area contributed by atoms with Gasteiger partial charge in [0.15, 0.2) is 5.78 Å². The van der Waals surface area contributed by atoms with E-state index in [4.69, 9.17) is 23.7 Å². The Hall–Kier alpha value is -8.16. The first-order valence-corrected chi connectivity index (χ1v) is 36.7. The first-order chi connectivity index (χ1) is 47.3. The molecule has 542 valence electrons. The molecule has 4 N–H and O–H groups in total. The number of nitrogens with one attached hydrogen (secondary N) is 2. The maximum Gasteiger partial charge on any atom is 0.415 e. The van der Waals surface area contributed by atoms with Gasteiger partial charge in [-0.25, -0.2) is 36.0 Å². The lowest BCUT2D eigenvalue weighted by molar-refractivity contribution is -0.146. The van der Waals surface area contributed by atoms with Crippen molar-refractivity contribution in [1.29, 1.82) is 0 Å². The van der Waals surface area contributed by atoms with Crippen LogP contribution >= 0.6 is 23.5 Å². The summed E-state index contributed by atoms with van der Waals surface area (Å²) in [6.07, 6.45) is 3.57. The fraction of sp³-hybridized carbons (Fsp3) is 0.508. The van der Waals surface area contributed by atoms with Gasteiger partial charge in [0.25, 0.3) is 0 Å². The molecule has 31 nitrogen and oxygen atoms in total. The Bertz CT molecular complexity index is 3620. The number of sulfonamides is 2. The van der Waals surface area contributed by atoms with Crippen molar-refractivity contribution >= 4 is 103 Å². The summed E-state index contributed by atoms with van der Waals surface area (Å²) in [6.45, 7) is 8.78. The topological polar surface area (TPSA) is 395 Å². The average molecular weight is 1470 g/mol. The molecular formula is C65H82N10O21S4. The number of amides is 6. The standard InChI is InChI=1S/C65H82N10O21S4/c1-43(76)19-20-65(38-92-35-44(2)77,39-93-36-53(78)70-23-27-72(28-24-70)61(86)95-47-15-11-45(12-16-47)31-51(59(82)83)68-57(80)55-63(3,4)97-41-74(55)99(88,89)49-9-7-21-66-33-49)40-94-37-54(79)71-25-29-73(30-26-71)62(87)96-48-17-13-46(14-18-48)32-52(60(84)85)69-58(81)56-64(5,6)98-42-75(56)100(90,91)50-10-8-22-67-34-50/h7-18,21-22,33-34,51-52,55-56H,19-20,23-32,35-42H2,1-6H3,(H,68,80)(H,69,81)(H,82,83)(H,84,85)/t51-,52-,55+,56+/m0/s1. The second kappa shape index (κ2) is 34.0. The SMILES string of the molecule is CC(=O)CCC(COCC(C)=O)(COCC(=O)N1CCN(C(=O)Oc2ccc(C[C@H](NC(=O)[C@H]3N(S(=O)(=O)c4cccnc4)CSC3(C)C)C(=O)O)cc2)CC1)COCC(=O)N1CCN(C(=O)Oc2ccc(C[C@H](NC(=O)[C@H]3N(S(=O)(=O)c4cccnc4)CSC3(C)C)C(=O)O)cc2)CC1. The Labute approximate surface area is 587 Å². The van der Waals surface area contributed by atoms with Crippen LogP contribution < -0.4 is 20.1 Å². The van der Waals surface area contributed by atoms with Crippen molar-refractivity contribution in [3.05, 3.63) is 109 Å². The highest BCUT2D eigenvalue weighted by molar-refractivity contribution is 8.02. The number of carboxylic acids is 2. The summed E-state index contributed by atoms with van der Waals surface area (Å²) in [5.74, 6) is -5.39. The van der Waals surface area contributed by atoms with Crippen LogP contribution in [0, 0.1) is 5.41 Å². The lowest BCUT2D eigenvalue weighted by atomic mass is 9.85. The van der Waals surface area contributed by atoms with Gasteiger partial charge >= 0.3 is 24.1 Å². The second-order valence-corrected chi connectivity index (χ2v) is 32.5. The number of ketones is 2. The van der Waals surface area contributed by atoms with Crippen molar-refractivity contribution in [2.75, 3.05) is 104 Å². The van der Waals surface area contributed by atoms with Crippen LogP contribution in [0.5, 0.6) is 11.5 Å². The highest BCUT2D eigenvalue weighted by Gasteiger charge is 2.53. The average Bonchev–Trinajstić information content (AvgIpc) is 1.60. The number of aromatic nitrogens is 2. The van der Waals surface area contributed by atoms with Gasteiger partial charge < -0.3 is 68.9 Å². The molecule has 0 spiro atoms. The Balaban J connectivity index is 0.765. The van der Waals surface area contributed by atoms with Gasteiger partial charge in [-0.05, 0) is 108 Å². The highest BCUT2D eigenvalue weighted by Crippen LogP contribution is 2.44. The number of Topliss-reactive ketones (excluding diaryl/α,β-unsaturated/α-hetero) is 2. The molecule has 0 unspecified atom stereocenters. The molecule has 8 rings (SSSR count). The minimum absolute atomic E-state index is 0.0438. The zero-order valence-electron chi connectivity index (χ0n) is 56.1. The van der Waals surface area contributed by atoms with Gasteiger partial charge in [0.1, 0.15) is 71.1 Å². The van der Waals surface area contributed by atoms with Crippen LogP contribution in [0.1, 0.15) is 65.5 Å². The Morgan fingerprint density at radius 2 is 0.900 bits per heavy atom. The predicted octanol–water partition coefficient (Wildman–Crippen LogP) is 2.77. The van der Waals surface area contributed by atoms with E-state index in [1.54, 1.807) is 27.7 Å². The first-order valence-electron chi connectivity index (χ1n) is 31.9. The van der Waals surface area contributed by atoms with Crippen LogP contribution in [0.3, 0.4) is 0 Å². The molecule has 35 heteroatoms. The molecule has 2 aromatic heterocycles. The zero-order chi connectivity index (χ0) is 72.7. The number of carbonyl (C=O) groups excluding carboxylic acids is 8. The number of thioether (sulfide) groups is 2. The van der Waals surface area contributed by atoms with Gasteiger partial charge in [-0.3, -0.25) is 33.9 Å². The molecular weight excluding hydrogens is 1390 g/mol. The van der Waals surface area contributed by atoms with E-state index in [0.717, 1.165) is 8.61 Å². The van der Waals surface area contributed by atoms with Gasteiger partial charge in [-0.2, -0.15) is 8.61 Å². The molecule has 4 aromatic rings. The molecule has 4 aliphatic rings. The normalized spacial score (nSPS) is 18.7. The molecule has 0 bridgehead atoms. The molecule has 100 heavy (non-hydrogen) atoms. The van der Waals surface area contributed by atoms with Crippen molar-refractivity contribution in [3.63, 3.8) is 0 Å². The molecule has 0 saturated carbocycles. The van der Waals surface area contributed by atoms with E-state index in [-0.39, 0.29) is 149 Å². The summed E-state index contributed by atoms with van der Waals surface area (Å²) in [5, 5.41) is 25.3. The number of pyridine rings is 2. The molecule has 4 atom stereocenters. The van der Waals surface area contributed by atoms with Crippen LogP contribution in [-0.4, -0.2) is 262 Å².